The second kappa shape index (κ2) is 5.36. The number of hydrogen-bond acceptors (Lipinski definition) is 3. The predicted molar refractivity (Wildman–Crippen MR) is 51.3 cm³/mol. The molecule has 16 heavy (non-hydrogen) atoms. The van der Waals surface area contributed by atoms with E-state index in [-0.39, 0.29) is 17.5 Å². The molecule has 0 spiro atoms. The van der Waals surface area contributed by atoms with Gasteiger partial charge in [0.2, 0.25) is 5.88 Å². The number of ether oxygens (including phenoxy) is 1. The maximum absolute atomic E-state index is 11.8. The lowest BCUT2D eigenvalue weighted by Crippen LogP contribution is -2.13. The van der Waals surface area contributed by atoms with Gasteiger partial charge in [0.25, 0.3) is 0 Å². The van der Waals surface area contributed by atoms with Gasteiger partial charge in [-0.15, -0.1) is 0 Å². The van der Waals surface area contributed by atoms with Gasteiger partial charge in [-0.05, 0) is 0 Å². The first kappa shape index (κ1) is 13.1. The van der Waals surface area contributed by atoms with Crippen LogP contribution >= 0.6 is 11.6 Å². The molecular formula is C9H9ClF3NO2. The molecule has 0 aromatic carbocycles. The molecule has 0 radical (unpaired) electrons. The summed E-state index contributed by atoms with van der Waals surface area (Å²) in [5.74, 6) is 0.0118. The summed E-state index contributed by atoms with van der Waals surface area (Å²) < 4.78 is 40.2. The zero-order chi connectivity index (χ0) is 12.2. The monoisotopic (exact) mass is 255 g/mol. The summed E-state index contributed by atoms with van der Waals surface area (Å²) >= 11 is 5.64. The van der Waals surface area contributed by atoms with Gasteiger partial charge < -0.3 is 9.84 Å². The summed E-state index contributed by atoms with van der Waals surface area (Å²) in [5.41, 5.74) is 0.360. The Morgan fingerprint density at radius 3 is 2.69 bits per heavy atom. The number of aliphatic hydroxyl groups is 1. The van der Waals surface area contributed by atoms with Gasteiger partial charge in [0.15, 0.2) is 0 Å². The highest BCUT2D eigenvalue weighted by Gasteiger charge is 2.26. The van der Waals surface area contributed by atoms with Crippen molar-refractivity contribution in [2.45, 2.75) is 19.2 Å². The number of nitrogens with zero attached hydrogens (tertiary/aromatic N) is 1. The van der Waals surface area contributed by atoms with E-state index in [2.05, 4.69) is 4.98 Å². The molecule has 0 saturated carbocycles. The van der Waals surface area contributed by atoms with Gasteiger partial charge >= 0.3 is 6.18 Å². The van der Waals surface area contributed by atoms with E-state index in [0.717, 1.165) is 0 Å². The van der Waals surface area contributed by atoms with Gasteiger partial charge in [-0.25, -0.2) is 4.98 Å². The molecule has 0 aliphatic heterocycles. The van der Waals surface area contributed by atoms with Crippen LogP contribution in [0.1, 0.15) is 12.0 Å². The lowest BCUT2D eigenvalue weighted by Gasteiger charge is -2.08. The molecule has 1 rings (SSSR count). The smallest absolute Gasteiger partial charge is 0.392 e. The van der Waals surface area contributed by atoms with Crippen molar-refractivity contribution in [3.05, 3.63) is 22.8 Å². The molecule has 90 valence electrons. The Kier molecular flexibility index (Phi) is 4.37. The average Bonchev–Trinajstić information content (AvgIpc) is 2.18. The van der Waals surface area contributed by atoms with Crippen LogP contribution < -0.4 is 4.74 Å². The first-order chi connectivity index (χ1) is 7.42. The van der Waals surface area contributed by atoms with Crippen LogP contribution in [0.5, 0.6) is 5.88 Å². The van der Waals surface area contributed by atoms with Crippen LogP contribution in [0, 0.1) is 0 Å². The van der Waals surface area contributed by atoms with Gasteiger partial charge in [0, 0.05) is 17.8 Å². The number of rotatable bonds is 4. The Morgan fingerprint density at radius 1 is 1.44 bits per heavy atom. The van der Waals surface area contributed by atoms with Crippen LogP contribution in [0.4, 0.5) is 13.2 Å². The zero-order valence-electron chi connectivity index (χ0n) is 8.09. The molecule has 0 amide bonds. The fraction of sp³-hybridized carbons (Fsp3) is 0.444. The third-order valence-electron chi connectivity index (χ3n) is 1.72. The Balaban J connectivity index is 2.55. The number of hydrogen-bond donors (Lipinski definition) is 1. The van der Waals surface area contributed by atoms with Crippen LogP contribution in [0.3, 0.4) is 0 Å². The third-order valence-corrected chi connectivity index (χ3v) is 2.06. The van der Waals surface area contributed by atoms with E-state index in [1.54, 1.807) is 0 Å². The second-order valence-electron chi connectivity index (χ2n) is 2.99. The molecule has 1 heterocycles. The highest BCUT2D eigenvalue weighted by Crippen LogP contribution is 2.22. The third kappa shape index (κ3) is 4.24. The Morgan fingerprint density at radius 2 is 2.12 bits per heavy atom. The van der Waals surface area contributed by atoms with Crippen molar-refractivity contribution in [3.63, 3.8) is 0 Å². The summed E-state index contributed by atoms with van der Waals surface area (Å²) in [6, 6.07) is 1.30. The largest absolute Gasteiger partial charge is 0.477 e. The topological polar surface area (TPSA) is 42.4 Å². The van der Waals surface area contributed by atoms with E-state index in [4.69, 9.17) is 21.4 Å². The summed E-state index contributed by atoms with van der Waals surface area (Å²) in [6.07, 6.45) is -4.09. The lowest BCUT2D eigenvalue weighted by molar-refractivity contribution is -0.139. The molecular weight excluding hydrogens is 247 g/mol. The standard InChI is InChI=1S/C9H9ClF3NO2/c10-7-4-14-8(3-6(7)5-15)16-2-1-9(11,12)13/h3-4,15H,1-2,5H2. The minimum Gasteiger partial charge on any atom is -0.477 e. The highest BCUT2D eigenvalue weighted by molar-refractivity contribution is 6.31. The molecule has 0 aliphatic rings. The molecule has 1 N–H and O–H groups in total. The Hall–Kier alpha value is -1.01. The Labute approximate surface area is 94.8 Å². The van der Waals surface area contributed by atoms with E-state index in [1.807, 2.05) is 0 Å². The molecule has 0 atom stereocenters. The van der Waals surface area contributed by atoms with Crippen molar-refractivity contribution in [2.24, 2.45) is 0 Å². The first-order valence-corrected chi connectivity index (χ1v) is 4.75. The van der Waals surface area contributed by atoms with Crippen molar-refractivity contribution in [2.75, 3.05) is 6.61 Å². The van der Waals surface area contributed by atoms with E-state index in [0.29, 0.717) is 5.56 Å². The van der Waals surface area contributed by atoms with Crippen molar-refractivity contribution < 1.29 is 23.0 Å². The van der Waals surface area contributed by atoms with Gasteiger partial charge in [0.1, 0.15) is 0 Å². The predicted octanol–water partition coefficient (Wildman–Crippen LogP) is 2.56. The van der Waals surface area contributed by atoms with Gasteiger partial charge in [-0.1, -0.05) is 11.6 Å². The molecule has 1 aromatic heterocycles. The molecule has 7 heteroatoms. The van der Waals surface area contributed by atoms with Crippen molar-refractivity contribution in [1.82, 2.24) is 4.98 Å². The second-order valence-corrected chi connectivity index (χ2v) is 3.39. The van der Waals surface area contributed by atoms with Gasteiger partial charge in [0.05, 0.1) is 24.7 Å². The van der Waals surface area contributed by atoms with Crippen molar-refractivity contribution in [1.29, 1.82) is 0 Å². The molecule has 0 bridgehead atoms. The number of aromatic nitrogens is 1. The maximum atomic E-state index is 11.8. The minimum atomic E-state index is -4.26. The lowest BCUT2D eigenvalue weighted by atomic mass is 10.3. The number of halogens is 4. The van der Waals surface area contributed by atoms with Crippen LogP contribution in [-0.2, 0) is 6.61 Å². The molecule has 0 aliphatic carbocycles. The number of alkyl halides is 3. The summed E-state index contributed by atoms with van der Waals surface area (Å²) in [7, 11) is 0. The van der Waals surface area contributed by atoms with Crippen molar-refractivity contribution >= 4 is 11.6 Å². The SMILES string of the molecule is OCc1cc(OCCC(F)(F)F)ncc1Cl. The summed E-state index contributed by atoms with van der Waals surface area (Å²) in [5, 5.41) is 9.09. The minimum absolute atomic E-state index is 0.0118. The zero-order valence-corrected chi connectivity index (χ0v) is 8.85. The Bertz CT molecular complexity index is 357. The van der Waals surface area contributed by atoms with E-state index >= 15 is 0 Å². The fourth-order valence-electron chi connectivity index (χ4n) is 0.930. The van der Waals surface area contributed by atoms with Crippen LogP contribution in [0.15, 0.2) is 12.3 Å². The van der Waals surface area contributed by atoms with E-state index in [9.17, 15) is 13.2 Å². The van der Waals surface area contributed by atoms with Crippen LogP contribution in [-0.4, -0.2) is 22.9 Å². The van der Waals surface area contributed by atoms with Crippen LogP contribution in [0.25, 0.3) is 0 Å². The molecule has 0 fully saturated rings. The molecule has 1 aromatic rings. The van der Waals surface area contributed by atoms with E-state index in [1.165, 1.54) is 12.3 Å². The number of aliphatic hydroxyl groups excluding tert-OH is 1. The normalized spacial score (nSPS) is 11.6. The summed E-state index contributed by atoms with van der Waals surface area (Å²) in [6.45, 7) is -0.833. The highest BCUT2D eigenvalue weighted by atomic mass is 35.5. The number of pyridine rings is 1. The molecule has 0 unspecified atom stereocenters. The maximum Gasteiger partial charge on any atom is 0.392 e. The summed E-state index contributed by atoms with van der Waals surface area (Å²) in [4.78, 5) is 3.67. The fourth-order valence-corrected chi connectivity index (χ4v) is 1.09. The average molecular weight is 256 g/mol. The van der Waals surface area contributed by atoms with Crippen molar-refractivity contribution in [3.8, 4) is 5.88 Å². The van der Waals surface area contributed by atoms with E-state index < -0.39 is 19.2 Å². The first-order valence-electron chi connectivity index (χ1n) is 4.37. The molecule has 0 saturated heterocycles. The quantitative estimate of drug-likeness (QED) is 0.899. The van der Waals surface area contributed by atoms with Gasteiger partial charge in [-0.3, -0.25) is 0 Å². The van der Waals surface area contributed by atoms with Gasteiger partial charge in [-0.2, -0.15) is 13.2 Å². The van der Waals surface area contributed by atoms with Crippen LogP contribution in [0.2, 0.25) is 5.02 Å². The molecule has 3 nitrogen and oxygen atoms in total.